The Bertz CT molecular complexity index is 1180. The Morgan fingerprint density at radius 2 is 1.85 bits per heavy atom. The Morgan fingerprint density at radius 1 is 1.15 bits per heavy atom. The number of carbonyl (C=O) groups is 4. The topological polar surface area (TPSA) is 167 Å². The lowest BCUT2D eigenvalue weighted by Gasteiger charge is -2.34. The predicted octanol–water partition coefficient (Wildman–Crippen LogP) is 1.78. The third kappa shape index (κ3) is 7.72. The predicted molar refractivity (Wildman–Crippen MR) is 144 cm³/mol. The van der Waals surface area contributed by atoms with Gasteiger partial charge in [-0.3, -0.25) is 14.4 Å². The molecule has 2 heterocycles. The number of amides is 1. The fourth-order valence-electron chi connectivity index (χ4n) is 4.40. The van der Waals surface area contributed by atoms with Crippen molar-refractivity contribution in [1.29, 1.82) is 0 Å². The minimum atomic E-state index is -1.39. The summed E-state index contributed by atoms with van der Waals surface area (Å²) < 4.78 is 15.7. The highest BCUT2D eigenvalue weighted by atomic mass is 16.7. The molecule has 2 aromatic rings. The van der Waals surface area contributed by atoms with Crippen LogP contribution in [0, 0.1) is 5.92 Å². The van der Waals surface area contributed by atoms with Crippen LogP contribution in [0.1, 0.15) is 45.5 Å². The van der Waals surface area contributed by atoms with Crippen LogP contribution in [0.3, 0.4) is 0 Å². The number of aliphatic hydroxyl groups excluding tert-OH is 1. The molecule has 4 N–H and O–H groups in total. The molecule has 210 valence electrons. The first-order valence-corrected chi connectivity index (χ1v) is 12.7. The number of esters is 1. The zero-order valence-corrected chi connectivity index (χ0v) is 22.4. The van der Waals surface area contributed by atoms with Crippen molar-refractivity contribution in [3.8, 4) is 11.3 Å². The molecule has 0 bridgehead atoms. The van der Waals surface area contributed by atoms with Crippen molar-refractivity contribution in [2.75, 3.05) is 7.11 Å². The molecule has 1 aliphatic rings. The zero-order valence-electron chi connectivity index (χ0n) is 22.4. The molecule has 1 aromatic carbocycles. The van der Waals surface area contributed by atoms with Gasteiger partial charge in [-0.15, -0.1) is 0 Å². The maximum Gasteiger partial charge on any atom is 0.531 e. The third-order valence-electron chi connectivity index (χ3n) is 6.33. The van der Waals surface area contributed by atoms with Crippen LogP contribution in [0.2, 0.25) is 5.82 Å². The van der Waals surface area contributed by atoms with Gasteiger partial charge in [0.1, 0.15) is 17.8 Å². The molecule has 1 aromatic heterocycles. The van der Waals surface area contributed by atoms with E-state index in [4.69, 9.17) is 15.0 Å². The summed E-state index contributed by atoms with van der Waals surface area (Å²) in [4.78, 5) is 55.3. The van der Waals surface area contributed by atoms with E-state index in [9.17, 15) is 24.3 Å². The normalized spacial score (nSPS) is 19.6. The first-order chi connectivity index (χ1) is 18.5. The molecule has 0 saturated carbocycles. The van der Waals surface area contributed by atoms with E-state index in [1.807, 2.05) is 44.2 Å². The average Bonchev–Trinajstić information content (AvgIpc) is 2.92. The van der Waals surface area contributed by atoms with E-state index < -0.39 is 60.9 Å². The highest BCUT2D eigenvalue weighted by molar-refractivity contribution is 6.50. The lowest BCUT2D eigenvalue weighted by atomic mass is 9.64. The molecule has 0 radical (unpaired) electrons. The van der Waals surface area contributed by atoms with Gasteiger partial charge in [0.05, 0.1) is 18.9 Å². The molecule has 0 unspecified atom stereocenters. The van der Waals surface area contributed by atoms with Crippen molar-refractivity contribution in [3.05, 3.63) is 54.2 Å². The molecule has 0 aliphatic carbocycles. The summed E-state index contributed by atoms with van der Waals surface area (Å²) in [6, 6.07) is 11.6. The Hall–Kier alpha value is -3.61. The number of ether oxygens (including phenoxy) is 1. The van der Waals surface area contributed by atoms with Crippen LogP contribution in [-0.4, -0.2) is 72.2 Å². The number of nitrogens with zero attached hydrogens (tertiary/aromatic N) is 1. The van der Waals surface area contributed by atoms with Crippen LogP contribution in [-0.2, 0) is 28.4 Å². The van der Waals surface area contributed by atoms with Gasteiger partial charge in [-0.25, -0.2) is 9.78 Å². The van der Waals surface area contributed by atoms with Gasteiger partial charge in [0.15, 0.2) is 11.9 Å². The number of carbonyl (C=O) groups excluding carboxylic acids is 4. The van der Waals surface area contributed by atoms with E-state index in [0.29, 0.717) is 12.1 Å². The van der Waals surface area contributed by atoms with E-state index in [-0.39, 0.29) is 19.5 Å². The van der Waals surface area contributed by atoms with Gasteiger partial charge in [-0.1, -0.05) is 50.2 Å². The first-order valence-electron chi connectivity index (χ1n) is 12.7. The highest BCUT2D eigenvalue weighted by Crippen LogP contribution is 2.31. The number of Topliss-reactive ketones (excluding diaryl/α,β-unsaturated/α-hetero) is 1. The van der Waals surface area contributed by atoms with E-state index in [2.05, 4.69) is 15.0 Å². The summed E-state index contributed by atoms with van der Waals surface area (Å²) in [5, 5.41) is 13.0. The van der Waals surface area contributed by atoms with Gasteiger partial charge >= 0.3 is 19.1 Å². The van der Waals surface area contributed by atoms with Gasteiger partial charge in [0, 0.05) is 19.2 Å². The van der Waals surface area contributed by atoms with Crippen molar-refractivity contribution >= 4 is 30.7 Å². The highest BCUT2D eigenvalue weighted by Gasteiger charge is 2.49. The molecular formula is C27H36BN3O8. The Kier molecular flexibility index (Phi) is 10.3. The van der Waals surface area contributed by atoms with Gasteiger partial charge < -0.3 is 30.2 Å². The lowest BCUT2D eigenvalue weighted by Crippen LogP contribution is -2.58. The molecular weight excluding hydrogens is 505 g/mol. The standard InChI is InChI=1S/C27H34BN3O8.H2/c1-15(2)13-18(28-38-24(27(36)37-4)22(29)26(35)39-28)14-21(33)23(16(3)32)31-25(34)20-12-8-11-19(30-20)17-9-6-5-7-10-17;/h5-12,15-16,18,22-24,32H,13-14,29H2,1-4H3,(H,31,34);1H/t16-,18-,22+,23+,24-;/m1./s1. The second-order valence-electron chi connectivity index (χ2n) is 9.94. The number of aliphatic hydroxyl groups is 1. The number of nitrogens with one attached hydrogen (secondary N) is 1. The summed E-state index contributed by atoms with van der Waals surface area (Å²) >= 11 is 0. The molecule has 1 fully saturated rings. The average molecular weight is 541 g/mol. The van der Waals surface area contributed by atoms with Crippen LogP contribution in [0.4, 0.5) is 0 Å². The number of hydrogen-bond donors (Lipinski definition) is 3. The quantitative estimate of drug-likeness (QED) is 0.282. The number of methoxy groups -OCH3 is 1. The maximum atomic E-state index is 13.4. The zero-order chi connectivity index (χ0) is 28.7. The van der Waals surface area contributed by atoms with E-state index in [1.165, 1.54) is 13.0 Å². The number of aromatic nitrogens is 1. The Morgan fingerprint density at radius 3 is 2.46 bits per heavy atom. The van der Waals surface area contributed by atoms with Crippen molar-refractivity contribution in [2.24, 2.45) is 11.7 Å². The maximum absolute atomic E-state index is 13.4. The Balaban J connectivity index is 0.00000560. The van der Waals surface area contributed by atoms with Crippen LogP contribution < -0.4 is 11.1 Å². The van der Waals surface area contributed by atoms with Crippen molar-refractivity contribution in [3.63, 3.8) is 0 Å². The monoisotopic (exact) mass is 541 g/mol. The first kappa shape index (κ1) is 29.9. The number of benzene rings is 1. The summed E-state index contributed by atoms with van der Waals surface area (Å²) in [6.45, 7) is 5.20. The number of nitrogens with two attached hydrogens (primary N) is 1. The fraction of sp³-hybridized carbons (Fsp3) is 0.444. The summed E-state index contributed by atoms with van der Waals surface area (Å²) in [6.07, 6.45) is -2.45. The largest absolute Gasteiger partial charge is 0.531 e. The Labute approximate surface area is 229 Å². The van der Waals surface area contributed by atoms with Crippen LogP contribution in [0.5, 0.6) is 0 Å². The molecule has 0 spiro atoms. The second kappa shape index (κ2) is 13.5. The molecule has 3 rings (SSSR count). The smallest absolute Gasteiger partial charge is 0.508 e. The number of pyridine rings is 1. The van der Waals surface area contributed by atoms with Crippen molar-refractivity contribution in [2.45, 2.75) is 63.7 Å². The number of hydrogen-bond acceptors (Lipinski definition) is 10. The molecule has 1 aliphatic heterocycles. The molecule has 5 atom stereocenters. The van der Waals surface area contributed by atoms with Gasteiger partial charge in [0.2, 0.25) is 0 Å². The SMILES string of the molecule is COC(=O)[C@@H]1OB([C@@H](CC(=O)[C@@H](NC(=O)c2cccc(-c3ccccc3)n2)[C@@H](C)O)CC(C)C)OC(=O)[C@H]1N.[HH]. The summed E-state index contributed by atoms with van der Waals surface area (Å²) in [7, 11) is -0.106. The minimum Gasteiger partial charge on any atom is -0.508 e. The van der Waals surface area contributed by atoms with Crippen LogP contribution in [0.25, 0.3) is 11.3 Å². The molecule has 1 amide bonds. The lowest BCUT2D eigenvalue weighted by molar-refractivity contribution is -0.162. The van der Waals surface area contributed by atoms with E-state index >= 15 is 0 Å². The van der Waals surface area contributed by atoms with Gasteiger partial charge in [0.25, 0.3) is 5.91 Å². The van der Waals surface area contributed by atoms with Crippen LogP contribution >= 0.6 is 0 Å². The number of rotatable bonds is 11. The third-order valence-corrected chi connectivity index (χ3v) is 6.33. The molecule has 12 heteroatoms. The molecule has 11 nitrogen and oxygen atoms in total. The summed E-state index contributed by atoms with van der Waals surface area (Å²) in [5.74, 6) is -3.46. The fourth-order valence-corrected chi connectivity index (χ4v) is 4.40. The molecule has 39 heavy (non-hydrogen) atoms. The van der Waals surface area contributed by atoms with E-state index in [1.54, 1.807) is 12.1 Å². The minimum absolute atomic E-state index is 0. The van der Waals surface area contributed by atoms with Gasteiger partial charge in [-0.05, 0) is 31.4 Å². The number of ketones is 1. The van der Waals surface area contributed by atoms with E-state index in [0.717, 1.165) is 12.7 Å². The van der Waals surface area contributed by atoms with Crippen molar-refractivity contribution in [1.82, 2.24) is 10.3 Å². The van der Waals surface area contributed by atoms with Crippen molar-refractivity contribution < 1.29 is 39.8 Å². The summed E-state index contributed by atoms with van der Waals surface area (Å²) in [5.41, 5.74) is 7.23. The van der Waals surface area contributed by atoms with Gasteiger partial charge in [-0.2, -0.15) is 0 Å². The second-order valence-corrected chi connectivity index (χ2v) is 9.94. The molecule has 1 saturated heterocycles. The van der Waals surface area contributed by atoms with Crippen LogP contribution in [0.15, 0.2) is 48.5 Å².